The van der Waals surface area contributed by atoms with Gasteiger partial charge in [0, 0.05) is 5.02 Å². The highest BCUT2D eigenvalue weighted by atomic mass is 35.5. The first kappa shape index (κ1) is 19.3. The Morgan fingerprint density at radius 2 is 1.85 bits per heavy atom. The highest BCUT2D eigenvalue weighted by molar-refractivity contribution is 8.18. The van der Waals surface area contributed by atoms with Crippen LogP contribution in [0.15, 0.2) is 53.4 Å². The summed E-state index contributed by atoms with van der Waals surface area (Å²) in [5.74, 6) is 1.04. The minimum Gasteiger partial charge on any atom is -0.494 e. The van der Waals surface area contributed by atoms with E-state index in [4.69, 9.17) is 21.1 Å². The van der Waals surface area contributed by atoms with Gasteiger partial charge in [-0.3, -0.25) is 14.5 Å². The Morgan fingerprint density at radius 1 is 1.07 bits per heavy atom. The fraction of sp³-hybridized carbons (Fsp3) is 0.200. The van der Waals surface area contributed by atoms with E-state index in [9.17, 15) is 9.59 Å². The molecule has 7 heteroatoms. The molecule has 1 saturated heterocycles. The average molecular weight is 404 g/mol. The molecule has 1 aliphatic heterocycles. The lowest BCUT2D eigenvalue weighted by atomic mass is 10.2. The van der Waals surface area contributed by atoms with Crippen LogP contribution in [0.1, 0.15) is 12.5 Å². The van der Waals surface area contributed by atoms with E-state index < -0.39 is 0 Å². The monoisotopic (exact) mass is 403 g/mol. The van der Waals surface area contributed by atoms with Crippen molar-refractivity contribution in [3.63, 3.8) is 0 Å². The topological polar surface area (TPSA) is 55.8 Å². The van der Waals surface area contributed by atoms with Crippen molar-refractivity contribution in [3.8, 4) is 11.5 Å². The van der Waals surface area contributed by atoms with Crippen molar-refractivity contribution in [1.82, 2.24) is 4.90 Å². The van der Waals surface area contributed by atoms with Crippen LogP contribution in [0.3, 0.4) is 0 Å². The minimum atomic E-state index is -0.313. The maximum atomic E-state index is 12.5. The maximum absolute atomic E-state index is 12.5. The third-order valence-electron chi connectivity index (χ3n) is 3.74. The van der Waals surface area contributed by atoms with Crippen molar-refractivity contribution in [3.05, 3.63) is 64.0 Å². The number of thioether (sulfide) groups is 1. The second-order valence-electron chi connectivity index (χ2n) is 5.64. The van der Waals surface area contributed by atoms with Crippen LogP contribution in [-0.2, 0) is 4.79 Å². The van der Waals surface area contributed by atoms with E-state index in [2.05, 4.69) is 0 Å². The number of amides is 2. The molecule has 3 rings (SSSR count). The Hall–Kier alpha value is -2.44. The molecule has 2 amide bonds. The molecule has 2 aromatic rings. The number of imide groups is 1. The zero-order chi connectivity index (χ0) is 19.2. The third-order valence-corrected chi connectivity index (χ3v) is 4.90. The number of benzene rings is 2. The predicted octanol–water partition coefficient (Wildman–Crippen LogP) is 4.85. The summed E-state index contributed by atoms with van der Waals surface area (Å²) >= 11 is 6.76. The summed E-state index contributed by atoms with van der Waals surface area (Å²) < 4.78 is 11.0. The number of carbonyl (C=O) groups excluding carboxylic acids is 2. The first-order chi connectivity index (χ1) is 13.1. The standard InChI is InChI=1S/C20H18ClNO4S/c1-2-25-17-5-3-4-14(12-17)13-18-19(23)22(20(24)27-18)10-11-26-16-8-6-15(21)7-9-16/h3-9,12-13H,2,10-11H2,1H3/b18-13-. The van der Waals surface area contributed by atoms with Gasteiger partial charge < -0.3 is 9.47 Å². The Bertz CT molecular complexity index is 867. The van der Waals surface area contributed by atoms with E-state index in [1.807, 2.05) is 31.2 Å². The van der Waals surface area contributed by atoms with Gasteiger partial charge in [-0.15, -0.1) is 0 Å². The zero-order valence-corrected chi connectivity index (χ0v) is 16.3. The lowest BCUT2D eigenvalue weighted by Gasteiger charge is -2.13. The van der Waals surface area contributed by atoms with Crippen molar-refractivity contribution in [1.29, 1.82) is 0 Å². The van der Waals surface area contributed by atoms with Crippen LogP contribution in [0.5, 0.6) is 11.5 Å². The lowest BCUT2D eigenvalue weighted by Crippen LogP contribution is -2.32. The molecule has 27 heavy (non-hydrogen) atoms. The van der Waals surface area contributed by atoms with Gasteiger partial charge in [0.15, 0.2) is 0 Å². The van der Waals surface area contributed by atoms with E-state index in [0.717, 1.165) is 23.1 Å². The van der Waals surface area contributed by atoms with Gasteiger partial charge in [0.05, 0.1) is 18.1 Å². The summed E-state index contributed by atoms with van der Waals surface area (Å²) in [5.41, 5.74) is 0.809. The molecule has 0 unspecified atom stereocenters. The molecule has 0 atom stereocenters. The molecule has 0 aromatic heterocycles. The number of rotatable bonds is 7. The molecule has 1 aliphatic rings. The van der Waals surface area contributed by atoms with E-state index in [0.29, 0.717) is 22.3 Å². The Morgan fingerprint density at radius 3 is 2.59 bits per heavy atom. The van der Waals surface area contributed by atoms with Gasteiger partial charge >= 0.3 is 0 Å². The Labute approximate surface area is 166 Å². The second-order valence-corrected chi connectivity index (χ2v) is 7.07. The summed E-state index contributed by atoms with van der Waals surface area (Å²) in [7, 11) is 0. The van der Waals surface area contributed by atoms with E-state index in [1.54, 1.807) is 30.3 Å². The second kappa shape index (κ2) is 8.97. The molecule has 1 fully saturated rings. The van der Waals surface area contributed by atoms with Crippen LogP contribution in [-0.4, -0.2) is 35.8 Å². The van der Waals surface area contributed by atoms with E-state index in [-0.39, 0.29) is 24.3 Å². The minimum absolute atomic E-state index is 0.184. The number of hydrogen-bond donors (Lipinski definition) is 0. The molecule has 0 aliphatic carbocycles. The van der Waals surface area contributed by atoms with Gasteiger partial charge in [-0.2, -0.15) is 0 Å². The summed E-state index contributed by atoms with van der Waals surface area (Å²) in [6, 6.07) is 14.3. The van der Waals surface area contributed by atoms with E-state index in [1.165, 1.54) is 4.90 Å². The van der Waals surface area contributed by atoms with Crippen LogP contribution in [0, 0.1) is 0 Å². The molecule has 0 saturated carbocycles. The summed E-state index contributed by atoms with van der Waals surface area (Å²) in [6.07, 6.45) is 1.70. The SMILES string of the molecule is CCOc1cccc(/C=C2\SC(=O)N(CCOc3ccc(Cl)cc3)C2=O)c1. The number of halogens is 1. The van der Waals surface area contributed by atoms with Crippen molar-refractivity contribution < 1.29 is 19.1 Å². The molecular weight excluding hydrogens is 386 g/mol. The van der Waals surface area contributed by atoms with Gasteiger partial charge in [-0.05, 0) is 66.7 Å². The maximum Gasteiger partial charge on any atom is 0.293 e. The molecule has 0 spiro atoms. The average Bonchev–Trinajstić information content (AvgIpc) is 2.91. The van der Waals surface area contributed by atoms with Crippen LogP contribution >= 0.6 is 23.4 Å². The number of ether oxygens (including phenoxy) is 2. The zero-order valence-electron chi connectivity index (χ0n) is 14.7. The Kier molecular flexibility index (Phi) is 6.42. The van der Waals surface area contributed by atoms with Crippen LogP contribution in [0.2, 0.25) is 5.02 Å². The summed E-state index contributed by atoms with van der Waals surface area (Å²) in [4.78, 5) is 26.3. The van der Waals surface area contributed by atoms with Gasteiger partial charge in [-0.1, -0.05) is 23.7 Å². The number of hydrogen-bond acceptors (Lipinski definition) is 5. The van der Waals surface area contributed by atoms with Crippen molar-refractivity contribution in [2.45, 2.75) is 6.92 Å². The highest BCUT2D eigenvalue weighted by Crippen LogP contribution is 2.32. The predicted molar refractivity (Wildman–Crippen MR) is 107 cm³/mol. The van der Waals surface area contributed by atoms with Gasteiger partial charge in [0.25, 0.3) is 11.1 Å². The van der Waals surface area contributed by atoms with Crippen LogP contribution < -0.4 is 9.47 Å². The molecule has 0 radical (unpaired) electrons. The van der Waals surface area contributed by atoms with Crippen LogP contribution in [0.4, 0.5) is 4.79 Å². The fourth-order valence-electron chi connectivity index (χ4n) is 2.49. The smallest absolute Gasteiger partial charge is 0.293 e. The Balaban J connectivity index is 1.62. The molecule has 2 aromatic carbocycles. The van der Waals surface area contributed by atoms with E-state index >= 15 is 0 Å². The quantitative estimate of drug-likeness (QED) is 0.618. The highest BCUT2D eigenvalue weighted by Gasteiger charge is 2.34. The van der Waals surface area contributed by atoms with Crippen molar-refractivity contribution in [2.24, 2.45) is 0 Å². The normalized spacial score (nSPS) is 15.5. The summed E-state index contributed by atoms with van der Waals surface area (Å²) in [6.45, 7) is 2.87. The fourth-order valence-corrected chi connectivity index (χ4v) is 3.48. The largest absolute Gasteiger partial charge is 0.494 e. The summed E-state index contributed by atoms with van der Waals surface area (Å²) in [5, 5.41) is 0.318. The van der Waals surface area contributed by atoms with Crippen molar-refractivity contribution >= 4 is 40.6 Å². The molecule has 140 valence electrons. The first-order valence-electron chi connectivity index (χ1n) is 8.43. The van der Waals surface area contributed by atoms with Crippen molar-refractivity contribution in [2.75, 3.05) is 19.8 Å². The molecular formula is C20H18ClNO4S. The molecule has 1 heterocycles. The van der Waals surface area contributed by atoms with Gasteiger partial charge in [-0.25, -0.2) is 0 Å². The molecule has 0 bridgehead atoms. The van der Waals surface area contributed by atoms with Gasteiger partial charge in [0.2, 0.25) is 0 Å². The van der Waals surface area contributed by atoms with Crippen LogP contribution in [0.25, 0.3) is 6.08 Å². The molecule has 5 nitrogen and oxygen atoms in total. The first-order valence-corrected chi connectivity index (χ1v) is 9.63. The van der Waals surface area contributed by atoms with Gasteiger partial charge in [0.1, 0.15) is 18.1 Å². The lowest BCUT2D eigenvalue weighted by molar-refractivity contribution is -0.123. The molecule has 0 N–H and O–H groups in total. The number of carbonyl (C=O) groups is 2. The third kappa shape index (κ3) is 5.05. The number of nitrogens with zero attached hydrogens (tertiary/aromatic N) is 1.